The molecule has 1 heterocycles. The lowest BCUT2D eigenvalue weighted by molar-refractivity contribution is 0.497. The van der Waals surface area contributed by atoms with Crippen LogP contribution >= 0.6 is 11.6 Å². The zero-order valence-corrected chi connectivity index (χ0v) is 10.8. The molecule has 0 unspecified atom stereocenters. The summed E-state index contributed by atoms with van der Waals surface area (Å²) in [4.78, 5) is 3.38. The molecule has 90 valence electrons. The number of fused-ring (bicyclic) bond motifs is 1. The van der Waals surface area contributed by atoms with Crippen LogP contribution in [0.15, 0.2) is 24.3 Å². The highest BCUT2D eigenvalue weighted by Crippen LogP contribution is 2.44. The fourth-order valence-electron chi connectivity index (χ4n) is 2.16. The second-order valence-electron chi connectivity index (χ2n) is 5.38. The van der Waals surface area contributed by atoms with E-state index < -0.39 is 0 Å². The standard InChI is InChI=1S/C14H17ClN2/c1-14(6-7-14)9-16-8-12-13(15)10-4-2-3-5-11(10)17-12/h2-5,16-17H,6-9H2,1H3. The van der Waals surface area contributed by atoms with Crippen molar-refractivity contribution in [3.8, 4) is 0 Å². The van der Waals surface area contributed by atoms with Crippen LogP contribution in [0.25, 0.3) is 10.9 Å². The summed E-state index contributed by atoms with van der Waals surface area (Å²) in [5.74, 6) is 0. The Balaban J connectivity index is 1.74. The molecule has 2 aromatic rings. The zero-order valence-electron chi connectivity index (χ0n) is 10.0. The minimum absolute atomic E-state index is 0.540. The van der Waals surface area contributed by atoms with E-state index in [1.165, 1.54) is 12.8 Å². The molecule has 0 spiro atoms. The number of benzene rings is 1. The van der Waals surface area contributed by atoms with E-state index in [1.54, 1.807) is 0 Å². The summed E-state index contributed by atoms with van der Waals surface area (Å²) < 4.78 is 0. The summed E-state index contributed by atoms with van der Waals surface area (Å²) in [5, 5.41) is 5.46. The molecule has 1 saturated carbocycles. The number of halogens is 1. The molecule has 0 aliphatic heterocycles. The molecule has 2 nitrogen and oxygen atoms in total. The van der Waals surface area contributed by atoms with Crippen LogP contribution in [0.5, 0.6) is 0 Å². The summed E-state index contributed by atoms with van der Waals surface area (Å²) in [6, 6.07) is 8.16. The number of aromatic amines is 1. The lowest BCUT2D eigenvalue weighted by Gasteiger charge is -2.09. The van der Waals surface area contributed by atoms with Gasteiger partial charge < -0.3 is 10.3 Å². The van der Waals surface area contributed by atoms with Crippen LogP contribution in [-0.4, -0.2) is 11.5 Å². The first-order valence-corrected chi connectivity index (χ1v) is 6.52. The van der Waals surface area contributed by atoms with E-state index in [-0.39, 0.29) is 0 Å². The molecule has 0 radical (unpaired) electrons. The normalized spacial score (nSPS) is 17.5. The van der Waals surface area contributed by atoms with Gasteiger partial charge in [-0.3, -0.25) is 0 Å². The second-order valence-corrected chi connectivity index (χ2v) is 5.76. The van der Waals surface area contributed by atoms with Crippen LogP contribution in [-0.2, 0) is 6.54 Å². The molecule has 0 bridgehead atoms. The predicted molar refractivity (Wildman–Crippen MR) is 72.4 cm³/mol. The third-order valence-corrected chi connectivity index (χ3v) is 4.10. The van der Waals surface area contributed by atoms with E-state index in [2.05, 4.69) is 29.4 Å². The minimum Gasteiger partial charge on any atom is -0.356 e. The van der Waals surface area contributed by atoms with E-state index in [0.717, 1.165) is 34.7 Å². The average Bonchev–Trinajstić information content (AvgIpc) is 2.97. The van der Waals surface area contributed by atoms with Gasteiger partial charge >= 0.3 is 0 Å². The Labute approximate surface area is 106 Å². The van der Waals surface area contributed by atoms with Gasteiger partial charge in [0.15, 0.2) is 0 Å². The van der Waals surface area contributed by atoms with Crippen LogP contribution in [0.2, 0.25) is 5.02 Å². The van der Waals surface area contributed by atoms with Crippen LogP contribution < -0.4 is 5.32 Å². The zero-order chi connectivity index (χ0) is 11.9. The molecular weight excluding hydrogens is 232 g/mol. The van der Waals surface area contributed by atoms with Crippen molar-refractivity contribution >= 4 is 22.5 Å². The third kappa shape index (κ3) is 2.20. The Bertz CT molecular complexity index is 540. The largest absolute Gasteiger partial charge is 0.356 e. The van der Waals surface area contributed by atoms with E-state index >= 15 is 0 Å². The Kier molecular flexibility index (Phi) is 2.64. The number of nitrogens with one attached hydrogen (secondary N) is 2. The van der Waals surface area contributed by atoms with Gasteiger partial charge in [-0.05, 0) is 24.3 Å². The van der Waals surface area contributed by atoms with Crippen molar-refractivity contribution < 1.29 is 0 Å². The maximum absolute atomic E-state index is 6.35. The highest BCUT2D eigenvalue weighted by atomic mass is 35.5. The quantitative estimate of drug-likeness (QED) is 0.848. The predicted octanol–water partition coefficient (Wildman–Crippen LogP) is 3.71. The first-order chi connectivity index (χ1) is 8.18. The van der Waals surface area contributed by atoms with Gasteiger partial charge in [0.1, 0.15) is 0 Å². The molecule has 3 heteroatoms. The van der Waals surface area contributed by atoms with Crippen LogP contribution in [0.3, 0.4) is 0 Å². The topological polar surface area (TPSA) is 27.8 Å². The molecule has 0 saturated heterocycles. The number of H-pyrrole nitrogens is 1. The summed E-state index contributed by atoms with van der Waals surface area (Å²) in [7, 11) is 0. The van der Waals surface area contributed by atoms with Crippen molar-refractivity contribution in [1.29, 1.82) is 0 Å². The SMILES string of the molecule is CC1(CNCc2[nH]c3ccccc3c2Cl)CC1. The molecule has 0 atom stereocenters. The number of hydrogen-bond donors (Lipinski definition) is 2. The lowest BCUT2D eigenvalue weighted by Crippen LogP contribution is -2.21. The van der Waals surface area contributed by atoms with Crippen LogP contribution in [0.4, 0.5) is 0 Å². The molecule has 1 fully saturated rings. The van der Waals surface area contributed by atoms with Gasteiger partial charge in [-0.25, -0.2) is 0 Å². The first-order valence-electron chi connectivity index (χ1n) is 6.14. The van der Waals surface area contributed by atoms with E-state index in [4.69, 9.17) is 11.6 Å². The Morgan fingerprint density at radius 2 is 2.12 bits per heavy atom. The van der Waals surface area contributed by atoms with E-state index in [1.807, 2.05) is 12.1 Å². The number of hydrogen-bond acceptors (Lipinski definition) is 1. The maximum Gasteiger partial charge on any atom is 0.0705 e. The summed E-state index contributed by atoms with van der Waals surface area (Å²) in [6.07, 6.45) is 2.70. The van der Waals surface area contributed by atoms with Crippen molar-refractivity contribution in [3.63, 3.8) is 0 Å². The van der Waals surface area contributed by atoms with Gasteiger partial charge in [-0.1, -0.05) is 36.7 Å². The Morgan fingerprint density at radius 1 is 1.35 bits per heavy atom. The van der Waals surface area contributed by atoms with Crippen molar-refractivity contribution in [3.05, 3.63) is 35.0 Å². The molecule has 1 aromatic carbocycles. The second kappa shape index (κ2) is 4.04. The van der Waals surface area contributed by atoms with Crippen LogP contribution in [0.1, 0.15) is 25.5 Å². The molecule has 17 heavy (non-hydrogen) atoms. The molecule has 1 aliphatic rings. The van der Waals surface area contributed by atoms with Gasteiger partial charge in [0.2, 0.25) is 0 Å². The fraction of sp³-hybridized carbons (Fsp3) is 0.429. The highest BCUT2D eigenvalue weighted by molar-refractivity contribution is 6.36. The molecule has 0 amide bonds. The van der Waals surface area contributed by atoms with Gasteiger partial charge in [-0.15, -0.1) is 0 Å². The van der Waals surface area contributed by atoms with Crippen LogP contribution in [0, 0.1) is 5.41 Å². The smallest absolute Gasteiger partial charge is 0.0705 e. The van der Waals surface area contributed by atoms with Gasteiger partial charge in [0, 0.05) is 29.7 Å². The molecule has 1 aromatic heterocycles. The van der Waals surface area contributed by atoms with E-state index in [0.29, 0.717) is 5.41 Å². The van der Waals surface area contributed by atoms with Crippen molar-refractivity contribution in [2.45, 2.75) is 26.3 Å². The van der Waals surface area contributed by atoms with Crippen molar-refractivity contribution in [1.82, 2.24) is 10.3 Å². The minimum atomic E-state index is 0.540. The molecular formula is C14H17ClN2. The third-order valence-electron chi connectivity index (χ3n) is 3.67. The highest BCUT2D eigenvalue weighted by Gasteiger charge is 2.36. The first kappa shape index (κ1) is 11.1. The Morgan fingerprint density at radius 3 is 2.82 bits per heavy atom. The van der Waals surface area contributed by atoms with Crippen molar-refractivity contribution in [2.24, 2.45) is 5.41 Å². The monoisotopic (exact) mass is 248 g/mol. The molecule has 2 N–H and O–H groups in total. The number of rotatable bonds is 4. The lowest BCUT2D eigenvalue weighted by atomic mass is 10.1. The van der Waals surface area contributed by atoms with Gasteiger partial charge in [0.05, 0.1) is 5.02 Å². The summed E-state index contributed by atoms with van der Waals surface area (Å²) in [6.45, 7) is 4.23. The number of aromatic nitrogens is 1. The summed E-state index contributed by atoms with van der Waals surface area (Å²) >= 11 is 6.35. The number of para-hydroxylation sites is 1. The fourth-order valence-corrected chi connectivity index (χ4v) is 2.44. The summed E-state index contributed by atoms with van der Waals surface area (Å²) in [5.41, 5.74) is 2.75. The molecule has 3 rings (SSSR count). The maximum atomic E-state index is 6.35. The van der Waals surface area contributed by atoms with Crippen molar-refractivity contribution in [2.75, 3.05) is 6.54 Å². The van der Waals surface area contributed by atoms with Gasteiger partial charge in [0.25, 0.3) is 0 Å². The van der Waals surface area contributed by atoms with E-state index in [9.17, 15) is 0 Å². The average molecular weight is 249 g/mol. The molecule has 1 aliphatic carbocycles. The van der Waals surface area contributed by atoms with Gasteiger partial charge in [-0.2, -0.15) is 0 Å². The Hall–Kier alpha value is -0.990.